The van der Waals surface area contributed by atoms with Crippen molar-refractivity contribution in [3.63, 3.8) is 0 Å². The van der Waals surface area contributed by atoms with Crippen LogP contribution in [0.15, 0.2) is 0 Å². The number of hydrogen-bond acceptors (Lipinski definition) is 1. The molecule has 152 valence electrons. The van der Waals surface area contributed by atoms with E-state index in [1.165, 1.54) is 32.2 Å². The zero-order chi connectivity index (χ0) is 20.3. The van der Waals surface area contributed by atoms with Crippen molar-refractivity contribution < 1.29 is 0 Å². The van der Waals surface area contributed by atoms with Crippen LogP contribution in [0.4, 0.5) is 0 Å². The summed E-state index contributed by atoms with van der Waals surface area (Å²) in [5.74, 6) is 0. The third kappa shape index (κ3) is 7.98. The smallest absolute Gasteiger partial charge is 0.248 e. The van der Waals surface area contributed by atoms with Crippen molar-refractivity contribution in [3.8, 4) is 0 Å². The van der Waals surface area contributed by atoms with E-state index >= 15 is 0 Å². The Labute approximate surface area is 171 Å². The topological polar surface area (TPSA) is 3.24 Å². The summed E-state index contributed by atoms with van der Waals surface area (Å²) in [4.78, 5) is 0. The largest absolute Gasteiger partial charge is 0.345 e. The molecule has 0 spiro atoms. The molecule has 0 bridgehead atoms. The molecule has 0 saturated carbocycles. The summed E-state index contributed by atoms with van der Waals surface area (Å²) >= 11 is 12.4. The first-order valence-electron chi connectivity index (χ1n) is 9.99. The zero-order valence-corrected chi connectivity index (χ0v) is 23.5. The van der Waals surface area contributed by atoms with E-state index in [1.54, 1.807) is 0 Å². The van der Waals surface area contributed by atoms with E-state index in [0.717, 1.165) is 6.04 Å². The summed E-state index contributed by atoms with van der Waals surface area (Å²) in [7, 11) is -3.04. The van der Waals surface area contributed by atoms with Gasteiger partial charge in [-0.1, -0.05) is 87.0 Å². The average Bonchev–Trinajstić information content (AvgIpc) is 2.32. The van der Waals surface area contributed by atoms with Gasteiger partial charge in [-0.25, -0.2) is 0 Å². The van der Waals surface area contributed by atoms with E-state index < -0.39 is 23.2 Å². The standard InChI is InChI=1S/C19H45Cl2NSi3/c1-18(2,3)23(7,8)22(24(9,10)19(4,5)6)16-14-12-13-15-17-25(11,20)21/h12-17H2,1-11H3. The van der Waals surface area contributed by atoms with Crippen molar-refractivity contribution >= 4 is 45.3 Å². The molecule has 0 aromatic heterocycles. The molecule has 0 aromatic rings. The molecule has 0 aliphatic carbocycles. The third-order valence-corrected chi connectivity index (χ3v) is 23.0. The van der Waals surface area contributed by atoms with Crippen molar-refractivity contribution in [1.82, 2.24) is 4.23 Å². The maximum Gasteiger partial charge on any atom is 0.248 e. The predicted molar refractivity (Wildman–Crippen MR) is 128 cm³/mol. The van der Waals surface area contributed by atoms with Crippen LogP contribution in [-0.4, -0.2) is 33.9 Å². The van der Waals surface area contributed by atoms with Crippen molar-refractivity contribution in [1.29, 1.82) is 0 Å². The number of nitrogens with zero attached hydrogens (tertiary/aromatic N) is 1. The van der Waals surface area contributed by atoms with Gasteiger partial charge < -0.3 is 4.23 Å². The molecule has 0 amide bonds. The van der Waals surface area contributed by atoms with Crippen molar-refractivity contribution in [2.24, 2.45) is 0 Å². The van der Waals surface area contributed by atoms with E-state index in [1.807, 2.05) is 6.55 Å². The highest BCUT2D eigenvalue weighted by molar-refractivity contribution is 7.44. The van der Waals surface area contributed by atoms with E-state index in [-0.39, 0.29) is 0 Å². The summed E-state index contributed by atoms with van der Waals surface area (Å²) in [5, 5.41) is 0.792. The Bertz CT molecular complexity index is 378. The SMILES string of the molecule is CC(C)(C)[Si](C)(C)N(CCCCCC[Si](C)(Cl)Cl)[Si](C)(C)C(C)(C)C. The molecule has 0 heterocycles. The molecule has 0 aliphatic heterocycles. The Morgan fingerprint density at radius 3 is 1.32 bits per heavy atom. The first-order chi connectivity index (χ1) is 10.8. The Balaban J connectivity index is 5.02. The second-order valence-corrected chi connectivity index (χ2v) is 30.0. The number of rotatable bonds is 9. The van der Waals surface area contributed by atoms with Gasteiger partial charge in [-0.05, 0) is 35.6 Å². The maximum absolute atomic E-state index is 6.22. The lowest BCUT2D eigenvalue weighted by Crippen LogP contribution is -2.68. The van der Waals surface area contributed by atoms with E-state index in [0.29, 0.717) is 10.1 Å². The second-order valence-electron chi connectivity index (χ2n) is 11.0. The van der Waals surface area contributed by atoms with Gasteiger partial charge in [-0.3, -0.25) is 0 Å². The van der Waals surface area contributed by atoms with Crippen LogP contribution < -0.4 is 0 Å². The summed E-state index contributed by atoms with van der Waals surface area (Å²) in [6.45, 7) is 26.5. The lowest BCUT2D eigenvalue weighted by Gasteiger charge is -2.57. The summed E-state index contributed by atoms with van der Waals surface area (Å²) in [6.07, 6.45) is 5.07. The monoisotopic (exact) mass is 441 g/mol. The quantitative estimate of drug-likeness (QED) is 0.197. The highest BCUT2D eigenvalue weighted by Crippen LogP contribution is 2.46. The van der Waals surface area contributed by atoms with Crippen LogP contribution in [0.1, 0.15) is 67.2 Å². The summed E-state index contributed by atoms with van der Waals surface area (Å²) < 4.78 is 3.04. The van der Waals surface area contributed by atoms with Gasteiger partial charge in [0.25, 0.3) is 0 Å². The Hall–Kier alpha value is 1.19. The molecule has 6 heteroatoms. The molecule has 0 radical (unpaired) electrons. The number of unbranched alkanes of at least 4 members (excludes halogenated alkanes) is 3. The van der Waals surface area contributed by atoms with Gasteiger partial charge in [-0.15, -0.1) is 22.2 Å². The molecule has 0 fully saturated rings. The molecule has 0 N–H and O–H groups in total. The first-order valence-corrected chi connectivity index (χ1v) is 20.6. The van der Waals surface area contributed by atoms with Crippen molar-refractivity contribution in [3.05, 3.63) is 0 Å². The molecule has 0 atom stereocenters. The first kappa shape index (κ1) is 26.2. The molecule has 25 heavy (non-hydrogen) atoms. The molecule has 0 unspecified atom stereocenters. The van der Waals surface area contributed by atoms with Crippen LogP contribution in [0, 0.1) is 0 Å². The van der Waals surface area contributed by atoms with Gasteiger partial charge in [0, 0.05) is 0 Å². The van der Waals surface area contributed by atoms with Gasteiger partial charge in [0.15, 0.2) is 0 Å². The average molecular weight is 443 g/mol. The van der Waals surface area contributed by atoms with Gasteiger partial charge >= 0.3 is 0 Å². The van der Waals surface area contributed by atoms with E-state index in [2.05, 4.69) is 72.0 Å². The predicted octanol–water partition coefficient (Wildman–Crippen LogP) is 8.41. The minimum Gasteiger partial charge on any atom is -0.345 e. The highest BCUT2D eigenvalue weighted by Gasteiger charge is 2.51. The summed E-state index contributed by atoms with van der Waals surface area (Å²) in [6, 6.07) is 1.03. The second kappa shape index (κ2) is 9.13. The Kier molecular flexibility index (Phi) is 9.56. The Morgan fingerprint density at radius 2 is 1.00 bits per heavy atom. The van der Waals surface area contributed by atoms with Crippen LogP contribution >= 0.6 is 22.2 Å². The van der Waals surface area contributed by atoms with Crippen LogP contribution in [-0.2, 0) is 0 Å². The van der Waals surface area contributed by atoms with Gasteiger partial charge in [0.2, 0.25) is 6.69 Å². The van der Waals surface area contributed by atoms with Crippen molar-refractivity contribution in [2.75, 3.05) is 6.54 Å². The number of halogens is 2. The maximum atomic E-state index is 6.22. The molecular weight excluding hydrogens is 397 g/mol. The van der Waals surface area contributed by atoms with Gasteiger partial charge in [0.1, 0.15) is 16.5 Å². The fourth-order valence-corrected chi connectivity index (χ4v) is 15.5. The number of hydrogen-bond donors (Lipinski definition) is 0. The zero-order valence-electron chi connectivity index (χ0n) is 18.9. The molecule has 1 nitrogen and oxygen atoms in total. The minimum absolute atomic E-state index is 0.396. The van der Waals surface area contributed by atoms with Crippen LogP contribution in [0.5, 0.6) is 0 Å². The molecular formula is C19H45Cl2NSi3. The van der Waals surface area contributed by atoms with E-state index in [4.69, 9.17) is 22.2 Å². The molecule has 0 saturated heterocycles. The Morgan fingerprint density at radius 1 is 0.640 bits per heavy atom. The lowest BCUT2D eigenvalue weighted by atomic mass is 10.2. The van der Waals surface area contributed by atoms with Crippen LogP contribution in [0.25, 0.3) is 0 Å². The van der Waals surface area contributed by atoms with Crippen molar-refractivity contribution in [2.45, 2.75) is 116 Å². The van der Waals surface area contributed by atoms with Crippen LogP contribution in [0.2, 0.25) is 48.9 Å². The fourth-order valence-electron chi connectivity index (χ4n) is 3.13. The van der Waals surface area contributed by atoms with E-state index in [9.17, 15) is 0 Å². The molecule has 0 aromatic carbocycles. The third-order valence-electron chi connectivity index (χ3n) is 6.77. The lowest BCUT2D eigenvalue weighted by molar-refractivity contribution is 0.485. The van der Waals surface area contributed by atoms with Gasteiger partial charge in [0.05, 0.1) is 0 Å². The summed E-state index contributed by atoms with van der Waals surface area (Å²) in [5.41, 5.74) is 0. The minimum atomic E-state index is -1.90. The highest BCUT2D eigenvalue weighted by atomic mass is 35.7. The molecule has 0 aliphatic rings. The van der Waals surface area contributed by atoms with Crippen LogP contribution in [0.3, 0.4) is 0 Å². The normalized spacial score (nSPS) is 15.1. The fraction of sp³-hybridized carbons (Fsp3) is 1.00. The molecule has 0 rings (SSSR count). The van der Waals surface area contributed by atoms with Gasteiger partial charge in [-0.2, -0.15) is 0 Å².